The Morgan fingerprint density at radius 3 is 2.56 bits per heavy atom. The number of piperidine rings is 1. The molecule has 0 unspecified atom stereocenters. The van der Waals surface area contributed by atoms with E-state index in [4.69, 9.17) is 5.73 Å². The third-order valence-electron chi connectivity index (χ3n) is 6.84. The van der Waals surface area contributed by atoms with Crippen LogP contribution in [0.15, 0.2) is 73.3 Å². The standard InChI is InChI=1S/C27H32N4O/c1-21(22-8-3-2-4-9-22)12-15-31-14-7-13-27(19-31,26(28)32)16-23-10-5-6-11-25(23)24-17-29-20-30-18-24/h2-6,8-11,17-18,20-21H,7,12-16,19H2,1H3,(H2,28,32)/t21-,27-/m0/s1. The number of rotatable bonds is 8. The zero-order chi connectivity index (χ0) is 22.4. The molecule has 0 aliphatic carbocycles. The molecule has 2 heterocycles. The average molecular weight is 429 g/mol. The van der Waals surface area contributed by atoms with Gasteiger partial charge in [-0.3, -0.25) is 4.79 Å². The predicted molar refractivity (Wildman–Crippen MR) is 128 cm³/mol. The number of aromatic nitrogens is 2. The minimum Gasteiger partial charge on any atom is -0.369 e. The molecule has 1 aliphatic heterocycles. The number of hydrogen-bond acceptors (Lipinski definition) is 4. The molecule has 0 radical (unpaired) electrons. The van der Waals surface area contributed by atoms with Crippen molar-refractivity contribution in [1.29, 1.82) is 0 Å². The van der Waals surface area contributed by atoms with E-state index in [9.17, 15) is 4.79 Å². The number of hydrogen-bond donors (Lipinski definition) is 1. The van der Waals surface area contributed by atoms with E-state index in [1.165, 1.54) is 11.9 Å². The normalized spacial score (nSPS) is 20.0. The van der Waals surface area contributed by atoms with Crippen LogP contribution in [0.3, 0.4) is 0 Å². The molecular formula is C27H32N4O. The molecule has 1 amide bonds. The molecule has 1 fully saturated rings. The Morgan fingerprint density at radius 1 is 1.09 bits per heavy atom. The molecule has 4 rings (SSSR count). The Kier molecular flexibility index (Phi) is 6.96. The molecule has 2 atom stereocenters. The van der Waals surface area contributed by atoms with Crippen molar-refractivity contribution in [1.82, 2.24) is 14.9 Å². The third-order valence-corrected chi connectivity index (χ3v) is 6.84. The van der Waals surface area contributed by atoms with Gasteiger partial charge in [-0.1, -0.05) is 61.5 Å². The lowest BCUT2D eigenvalue weighted by atomic mass is 9.73. The molecule has 2 aromatic carbocycles. The highest BCUT2D eigenvalue weighted by Crippen LogP contribution is 2.37. The predicted octanol–water partition coefficient (Wildman–Crippen LogP) is 4.45. The van der Waals surface area contributed by atoms with Crippen LogP contribution in [-0.4, -0.2) is 40.4 Å². The Morgan fingerprint density at radius 2 is 1.81 bits per heavy atom. The van der Waals surface area contributed by atoms with Gasteiger partial charge in [0.1, 0.15) is 6.33 Å². The van der Waals surface area contributed by atoms with E-state index < -0.39 is 5.41 Å². The van der Waals surface area contributed by atoms with Gasteiger partial charge in [-0.25, -0.2) is 9.97 Å². The number of primary amides is 1. The van der Waals surface area contributed by atoms with Crippen molar-refractivity contribution < 1.29 is 4.79 Å². The summed E-state index contributed by atoms with van der Waals surface area (Å²) in [4.78, 5) is 23.6. The maximum absolute atomic E-state index is 12.8. The second-order valence-electron chi connectivity index (χ2n) is 9.09. The van der Waals surface area contributed by atoms with Crippen LogP contribution in [0.5, 0.6) is 0 Å². The minimum atomic E-state index is -0.556. The van der Waals surface area contributed by atoms with Crippen molar-refractivity contribution in [3.05, 3.63) is 84.4 Å². The molecule has 5 heteroatoms. The number of nitrogens with two attached hydrogens (primary N) is 1. The minimum absolute atomic E-state index is 0.197. The van der Waals surface area contributed by atoms with Gasteiger partial charge in [0.2, 0.25) is 5.91 Å². The van der Waals surface area contributed by atoms with Gasteiger partial charge in [0.05, 0.1) is 5.41 Å². The van der Waals surface area contributed by atoms with E-state index in [1.54, 1.807) is 0 Å². The van der Waals surface area contributed by atoms with E-state index in [-0.39, 0.29) is 5.91 Å². The van der Waals surface area contributed by atoms with Crippen LogP contribution < -0.4 is 5.73 Å². The highest BCUT2D eigenvalue weighted by Gasteiger charge is 2.41. The van der Waals surface area contributed by atoms with Crippen molar-refractivity contribution in [2.45, 2.75) is 38.5 Å². The smallest absolute Gasteiger partial charge is 0.225 e. The van der Waals surface area contributed by atoms with Crippen LogP contribution in [0, 0.1) is 5.41 Å². The lowest BCUT2D eigenvalue weighted by Crippen LogP contribution is -2.52. The van der Waals surface area contributed by atoms with Gasteiger partial charge in [-0.05, 0) is 61.4 Å². The molecule has 5 nitrogen and oxygen atoms in total. The summed E-state index contributed by atoms with van der Waals surface area (Å²) in [7, 11) is 0. The first-order valence-corrected chi connectivity index (χ1v) is 11.5. The summed E-state index contributed by atoms with van der Waals surface area (Å²) < 4.78 is 0. The Bertz CT molecular complexity index is 1020. The molecule has 0 bridgehead atoms. The van der Waals surface area contributed by atoms with Gasteiger partial charge in [0, 0.05) is 24.5 Å². The summed E-state index contributed by atoms with van der Waals surface area (Å²) in [6, 6.07) is 18.9. The number of carbonyl (C=O) groups excluding carboxylic acids is 1. The Hall–Kier alpha value is -3.05. The van der Waals surface area contributed by atoms with Gasteiger partial charge >= 0.3 is 0 Å². The average Bonchev–Trinajstić information content (AvgIpc) is 2.84. The van der Waals surface area contributed by atoms with Crippen LogP contribution in [0.4, 0.5) is 0 Å². The number of likely N-dealkylation sites (tertiary alicyclic amines) is 1. The summed E-state index contributed by atoms with van der Waals surface area (Å²) in [5, 5.41) is 0. The largest absolute Gasteiger partial charge is 0.369 e. The van der Waals surface area contributed by atoms with Crippen molar-refractivity contribution in [3.8, 4) is 11.1 Å². The van der Waals surface area contributed by atoms with E-state index in [1.807, 2.05) is 24.5 Å². The highest BCUT2D eigenvalue weighted by atomic mass is 16.1. The molecule has 0 saturated carbocycles. The van der Waals surface area contributed by atoms with Crippen LogP contribution in [-0.2, 0) is 11.2 Å². The SMILES string of the molecule is C[C@@H](CCN1CCC[C@@](Cc2ccccc2-c2cncnc2)(C(N)=O)C1)c1ccccc1. The first kappa shape index (κ1) is 22.2. The summed E-state index contributed by atoms with van der Waals surface area (Å²) in [6.07, 6.45) is 8.69. The van der Waals surface area contributed by atoms with Crippen LogP contribution >= 0.6 is 0 Å². The maximum Gasteiger partial charge on any atom is 0.225 e. The van der Waals surface area contributed by atoms with E-state index >= 15 is 0 Å². The van der Waals surface area contributed by atoms with Crippen LogP contribution in [0.25, 0.3) is 11.1 Å². The molecule has 1 aromatic heterocycles. The van der Waals surface area contributed by atoms with Crippen molar-refractivity contribution >= 4 is 5.91 Å². The quantitative estimate of drug-likeness (QED) is 0.575. The Balaban J connectivity index is 1.50. The fraction of sp³-hybridized carbons (Fsp3) is 0.370. The van der Waals surface area contributed by atoms with Crippen molar-refractivity contribution in [2.24, 2.45) is 11.1 Å². The van der Waals surface area contributed by atoms with Gasteiger partial charge < -0.3 is 10.6 Å². The van der Waals surface area contributed by atoms with Crippen LogP contribution in [0.2, 0.25) is 0 Å². The lowest BCUT2D eigenvalue weighted by molar-refractivity contribution is -0.131. The second kappa shape index (κ2) is 10.0. The fourth-order valence-corrected chi connectivity index (χ4v) is 4.93. The Labute approximate surface area is 190 Å². The number of carbonyl (C=O) groups is 1. The molecule has 2 N–H and O–H groups in total. The monoisotopic (exact) mass is 428 g/mol. The van der Waals surface area contributed by atoms with Gasteiger partial charge in [0.25, 0.3) is 0 Å². The van der Waals surface area contributed by atoms with E-state index in [0.29, 0.717) is 18.9 Å². The summed E-state index contributed by atoms with van der Waals surface area (Å²) in [5.41, 5.74) is 10.0. The molecule has 32 heavy (non-hydrogen) atoms. The molecule has 1 saturated heterocycles. The van der Waals surface area contributed by atoms with E-state index in [2.05, 4.69) is 64.3 Å². The van der Waals surface area contributed by atoms with Gasteiger partial charge in [-0.15, -0.1) is 0 Å². The summed E-state index contributed by atoms with van der Waals surface area (Å²) in [5.74, 6) is 0.289. The molecule has 0 spiro atoms. The number of amides is 1. The lowest BCUT2D eigenvalue weighted by Gasteiger charge is -2.41. The first-order chi connectivity index (χ1) is 15.6. The van der Waals surface area contributed by atoms with Crippen molar-refractivity contribution in [3.63, 3.8) is 0 Å². The molecule has 3 aromatic rings. The van der Waals surface area contributed by atoms with Gasteiger partial charge in [0.15, 0.2) is 0 Å². The zero-order valence-corrected chi connectivity index (χ0v) is 18.8. The number of nitrogens with zero attached hydrogens (tertiary/aromatic N) is 3. The summed E-state index contributed by atoms with van der Waals surface area (Å²) >= 11 is 0. The summed E-state index contributed by atoms with van der Waals surface area (Å²) in [6.45, 7) is 4.98. The molecule has 1 aliphatic rings. The van der Waals surface area contributed by atoms with Gasteiger partial charge in [-0.2, -0.15) is 0 Å². The second-order valence-corrected chi connectivity index (χ2v) is 9.09. The molecular weight excluding hydrogens is 396 g/mol. The van der Waals surface area contributed by atoms with Crippen LogP contribution in [0.1, 0.15) is 43.2 Å². The van der Waals surface area contributed by atoms with Crippen molar-refractivity contribution in [2.75, 3.05) is 19.6 Å². The topological polar surface area (TPSA) is 72.1 Å². The maximum atomic E-state index is 12.8. The highest BCUT2D eigenvalue weighted by molar-refractivity contribution is 5.82. The first-order valence-electron chi connectivity index (χ1n) is 11.5. The zero-order valence-electron chi connectivity index (χ0n) is 18.8. The van der Waals surface area contributed by atoms with E-state index in [0.717, 1.165) is 49.0 Å². The third kappa shape index (κ3) is 5.05. The molecule has 166 valence electrons. The fourth-order valence-electron chi connectivity index (χ4n) is 4.93. The number of benzene rings is 2.